The van der Waals surface area contributed by atoms with Crippen LogP contribution in [0.2, 0.25) is 0 Å². The van der Waals surface area contributed by atoms with Crippen LogP contribution in [0.1, 0.15) is 61.8 Å². The molecule has 2 aliphatic rings. The third-order valence-electron chi connectivity index (χ3n) is 6.85. The fourth-order valence-corrected chi connectivity index (χ4v) is 4.89. The molecule has 0 radical (unpaired) electrons. The number of amides is 1. The fourth-order valence-electron chi connectivity index (χ4n) is 4.89. The molecule has 0 aromatic heterocycles. The van der Waals surface area contributed by atoms with Crippen LogP contribution in [0.3, 0.4) is 0 Å². The van der Waals surface area contributed by atoms with E-state index in [2.05, 4.69) is 51.1 Å². The average molecular weight is 422 g/mol. The van der Waals surface area contributed by atoms with Gasteiger partial charge in [-0.25, -0.2) is 0 Å². The van der Waals surface area contributed by atoms with Crippen molar-refractivity contribution in [2.45, 2.75) is 64.4 Å². The van der Waals surface area contributed by atoms with E-state index in [-0.39, 0.29) is 18.1 Å². The van der Waals surface area contributed by atoms with E-state index in [1.54, 1.807) is 0 Å². The van der Waals surface area contributed by atoms with Crippen LogP contribution >= 0.6 is 0 Å². The van der Waals surface area contributed by atoms with Crippen molar-refractivity contribution in [1.29, 1.82) is 0 Å². The van der Waals surface area contributed by atoms with Gasteiger partial charge in [-0.15, -0.1) is 0 Å². The summed E-state index contributed by atoms with van der Waals surface area (Å²) in [6, 6.07) is 15.1. The van der Waals surface area contributed by atoms with Crippen LogP contribution in [0.4, 0.5) is 0 Å². The van der Waals surface area contributed by atoms with E-state index in [1.807, 2.05) is 17.0 Å². The van der Waals surface area contributed by atoms with Gasteiger partial charge in [0.05, 0.1) is 6.42 Å². The van der Waals surface area contributed by atoms with E-state index in [0.29, 0.717) is 18.3 Å². The molecular weight excluding hydrogens is 386 g/mol. The molecule has 1 amide bonds. The predicted octanol–water partition coefficient (Wildman–Crippen LogP) is 4.52. The molecule has 0 spiro atoms. The van der Waals surface area contributed by atoms with Gasteiger partial charge in [-0.3, -0.25) is 4.79 Å². The molecule has 2 aromatic rings. The molecule has 1 fully saturated rings. The first-order valence-electron chi connectivity index (χ1n) is 11.6. The highest BCUT2D eigenvalue weighted by Gasteiger charge is 2.35. The standard InChI is InChI=1S/C27H35NO3/c1-19(2)23-7-4-20(5-8-23)16-27(3)17-24-14-22(6-9-25(24)31-27)15-26(30)28-12-10-21(18-29)11-13-28/h4-9,14,19,21,29H,10-13,15-18H2,1-3H3/t27-/m0/s1. The molecule has 0 bridgehead atoms. The zero-order chi connectivity index (χ0) is 22.0. The third kappa shape index (κ3) is 5.12. The summed E-state index contributed by atoms with van der Waals surface area (Å²) in [5.74, 6) is 2.02. The van der Waals surface area contributed by atoms with Crippen LogP contribution in [-0.4, -0.2) is 41.2 Å². The minimum Gasteiger partial charge on any atom is -0.487 e. The van der Waals surface area contributed by atoms with Crippen LogP contribution in [0.5, 0.6) is 5.75 Å². The van der Waals surface area contributed by atoms with E-state index in [0.717, 1.165) is 50.1 Å². The highest BCUT2D eigenvalue weighted by molar-refractivity contribution is 5.79. The number of carbonyl (C=O) groups excluding carboxylic acids is 1. The van der Waals surface area contributed by atoms with Crippen LogP contribution in [-0.2, 0) is 24.1 Å². The molecule has 2 aliphatic heterocycles. The zero-order valence-electron chi connectivity index (χ0n) is 19.1. The molecule has 4 heteroatoms. The van der Waals surface area contributed by atoms with E-state index in [9.17, 15) is 9.90 Å². The number of carbonyl (C=O) groups is 1. The number of ether oxygens (including phenoxy) is 1. The van der Waals surface area contributed by atoms with Gasteiger partial charge in [-0.2, -0.15) is 0 Å². The highest BCUT2D eigenvalue weighted by Crippen LogP contribution is 2.37. The molecule has 4 rings (SSSR count). The Bertz CT molecular complexity index is 913. The van der Waals surface area contributed by atoms with Crippen molar-refractivity contribution >= 4 is 5.91 Å². The lowest BCUT2D eigenvalue weighted by Gasteiger charge is -2.31. The highest BCUT2D eigenvalue weighted by atomic mass is 16.5. The molecule has 1 N–H and O–H groups in total. The first-order valence-corrected chi connectivity index (χ1v) is 11.6. The average Bonchev–Trinajstić information content (AvgIpc) is 3.09. The largest absolute Gasteiger partial charge is 0.487 e. The summed E-state index contributed by atoms with van der Waals surface area (Å²) in [6.45, 7) is 8.35. The van der Waals surface area contributed by atoms with Gasteiger partial charge in [0.2, 0.25) is 5.91 Å². The molecule has 0 saturated carbocycles. The van der Waals surface area contributed by atoms with Gasteiger partial charge in [-0.05, 0) is 59.9 Å². The van der Waals surface area contributed by atoms with Crippen LogP contribution in [0, 0.1) is 5.92 Å². The van der Waals surface area contributed by atoms with Crippen molar-refractivity contribution in [2.24, 2.45) is 5.92 Å². The van der Waals surface area contributed by atoms with Crippen molar-refractivity contribution in [3.8, 4) is 5.75 Å². The number of fused-ring (bicyclic) bond motifs is 1. The van der Waals surface area contributed by atoms with Crippen LogP contribution in [0.15, 0.2) is 42.5 Å². The lowest BCUT2D eigenvalue weighted by atomic mass is 9.90. The number of piperidine rings is 1. The monoisotopic (exact) mass is 421 g/mol. The summed E-state index contributed by atoms with van der Waals surface area (Å²) in [6.07, 6.45) is 3.96. The minimum absolute atomic E-state index is 0.184. The topological polar surface area (TPSA) is 49.8 Å². The maximum Gasteiger partial charge on any atom is 0.226 e. The number of aliphatic hydroxyl groups is 1. The van der Waals surface area contributed by atoms with Gasteiger partial charge < -0.3 is 14.7 Å². The van der Waals surface area contributed by atoms with Crippen LogP contribution in [0.25, 0.3) is 0 Å². The second-order valence-electron chi connectivity index (χ2n) is 9.93. The minimum atomic E-state index is -0.253. The van der Waals surface area contributed by atoms with Gasteiger partial charge in [-0.1, -0.05) is 50.2 Å². The maximum absolute atomic E-state index is 12.7. The molecule has 1 atom stereocenters. The second kappa shape index (κ2) is 9.04. The van der Waals surface area contributed by atoms with Gasteiger partial charge >= 0.3 is 0 Å². The molecule has 166 valence electrons. The van der Waals surface area contributed by atoms with E-state index >= 15 is 0 Å². The molecule has 31 heavy (non-hydrogen) atoms. The summed E-state index contributed by atoms with van der Waals surface area (Å²) >= 11 is 0. The van der Waals surface area contributed by atoms with E-state index in [4.69, 9.17) is 4.74 Å². The number of likely N-dealkylation sites (tertiary alicyclic amines) is 1. The number of hydrogen-bond donors (Lipinski definition) is 1. The Morgan fingerprint density at radius 1 is 1.13 bits per heavy atom. The molecule has 2 aromatic carbocycles. The second-order valence-corrected chi connectivity index (χ2v) is 9.93. The Labute approximate surface area is 186 Å². The van der Waals surface area contributed by atoms with Gasteiger partial charge in [0, 0.05) is 32.5 Å². The van der Waals surface area contributed by atoms with Crippen molar-refractivity contribution < 1.29 is 14.6 Å². The number of aliphatic hydroxyl groups excluding tert-OH is 1. The maximum atomic E-state index is 12.7. The summed E-state index contributed by atoms with van der Waals surface area (Å²) in [5.41, 5.74) is 4.66. The lowest BCUT2D eigenvalue weighted by Crippen LogP contribution is -2.40. The molecule has 4 nitrogen and oxygen atoms in total. The summed E-state index contributed by atoms with van der Waals surface area (Å²) in [4.78, 5) is 14.7. The number of hydrogen-bond acceptors (Lipinski definition) is 3. The van der Waals surface area contributed by atoms with Gasteiger partial charge in [0.1, 0.15) is 11.4 Å². The zero-order valence-corrected chi connectivity index (χ0v) is 19.1. The summed E-state index contributed by atoms with van der Waals surface area (Å²) < 4.78 is 6.36. The Hall–Kier alpha value is -2.33. The number of rotatable bonds is 6. The molecule has 0 aliphatic carbocycles. The normalized spacial score (nSPS) is 21.3. The molecular formula is C27H35NO3. The van der Waals surface area contributed by atoms with Gasteiger partial charge in [0.15, 0.2) is 0 Å². The first kappa shape index (κ1) is 21.9. The van der Waals surface area contributed by atoms with Crippen molar-refractivity contribution in [3.63, 3.8) is 0 Å². The number of benzene rings is 2. The summed E-state index contributed by atoms with van der Waals surface area (Å²) in [7, 11) is 0. The lowest BCUT2D eigenvalue weighted by molar-refractivity contribution is -0.132. The quantitative estimate of drug-likeness (QED) is 0.746. The predicted molar refractivity (Wildman–Crippen MR) is 124 cm³/mol. The van der Waals surface area contributed by atoms with E-state index < -0.39 is 0 Å². The fraction of sp³-hybridized carbons (Fsp3) is 0.519. The smallest absolute Gasteiger partial charge is 0.226 e. The van der Waals surface area contributed by atoms with Gasteiger partial charge in [0.25, 0.3) is 0 Å². The van der Waals surface area contributed by atoms with Crippen molar-refractivity contribution in [2.75, 3.05) is 19.7 Å². The Morgan fingerprint density at radius 2 is 1.81 bits per heavy atom. The molecule has 0 unspecified atom stereocenters. The Morgan fingerprint density at radius 3 is 2.45 bits per heavy atom. The number of nitrogens with zero attached hydrogens (tertiary/aromatic N) is 1. The Kier molecular flexibility index (Phi) is 6.38. The third-order valence-corrected chi connectivity index (χ3v) is 6.85. The Balaban J connectivity index is 1.37. The van der Waals surface area contributed by atoms with Crippen molar-refractivity contribution in [3.05, 3.63) is 64.7 Å². The molecule has 2 heterocycles. The van der Waals surface area contributed by atoms with Crippen molar-refractivity contribution in [1.82, 2.24) is 4.90 Å². The SMILES string of the molecule is CC(C)c1ccc(C[C@@]2(C)Cc3cc(CC(=O)N4CCC(CO)CC4)ccc3O2)cc1. The molecule has 1 saturated heterocycles. The summed E-state index contributed by atoms with van der Waals surface area (Å²) in [5, 5.41) is 9.29. The van der Waals surface area contributed by atoms with E-state index in [1.165, 1.54) is 16.7 Å². The van der Waals surface area contributed by atoms with Crippen LogP contribution < -0.4 is 4.74 Å². The first-order chi connectivity index (χ1) is 14.8.